The minimum Gasteiger partial charge on any atom is -0.325 e. The number of aromatic nitrogens is 2. The van der Waals surface area contributed by atoms with Crippen molar-refractivity contribution in [2.45, 2.75) is 25.5 Å². The first-order valence-corrected chi connectivity index (χ1v) is 9.04. The predicted octanol–water partition coefficient (Wildman–Crippen LogP) is 2.80. The first-order valence-electron chi connectivity index (χ1n) is 7.18. The van der Waals surface area contributed by atoms with E-state index in [1.165, 1.54) is 23.1 Å². The summed E-state index contributed by atoms with van der Waals surface area (Å²) in [5.74, 6) is -0.105. The Morgan fingerprint density at radius 2 is 1.96 bits per heavy atom. The van der Waals surface area contributed by atoms with E-state index in [-0.39, 0.29) is 22.8 Å². The van der Waals surface area contributed by atoms with E-state index in [0.29, 0.717) is 5.13 Å². The number of rotatable bonds is 7. The first kappa shape index (κ1) is 17.4. The van der Waals surface area contributed by atoms with Crippen molar-refractivity contribution in [1.29, 1.82) is 0 Å². The molecule has 0 bridgehead atoms. The van der Waals surface area contributed by atoms with Gasteiger partial charge in [0.05, 0.1) is 11.0 Å². The summed E-state index contributed by atoms with van der Waals surface area (Å²) in [7, 11) is 0. The Kier molecular flexibility index (Phi) is 6.54. The Morgan fingerprint density at radius 3 is 2.61 bits per heavy atom. The summed E-state index contributed by atoms with van der Waals surface area (Å²) < 4.78 is 0. The molecule has 1 unspecified atom stereocenters. The maximum Gasteiger partial charge on any atom is 0.239 e. The van der Waals surface area contributed by atoms with Crippen LogP contribution in [0, 0.1) is 0 Å². The third-order valence-electron chi connectivity index (χ3n) is 2.89. The molecular formula is C15H18N4O2S2. The molecule has 6 nitrogen and oxygen atoms in total. The second-order valence-electron chi connectivity index (χ2n) is 4.71. The highest BCUT2D eigenvalue weighted by Crippen LogP contribution is 2.18. The lowest BCUT2D eigenvalue weighted by Crippen LogP contribution is -2.25. The van der Waals surface area contributed by atoms with Gasteiger partial charge in [-0.2, -0.15) is 0 Å². The molecule has 23 heavy (non-hydrogen) atoms. The molecule has 0 fully saturated rings. The Bertz CT molecular complexity index is 661. The van der Waals surface area contributed by atoms with Gasteiger partial charge in [0.15, 0.2) is 0 Å². The van der Waals surface area contributed by atoms with Crippen LogP contribution < -0.4 is 10.6 Å². The average Bonchev–Trinajstić information content (AvgIpc) is 3.01. The zero-order chi connectivity index (χ0) is 16.7. The fourth-order valence-corrected chi connectivity index (χ4v) is 3.02. The van der Waals surface area contributed by atoms with Crippen LogP contribution in [0.1, 0.15) is 18.9 Å². The minimum atomic E-state index is -0.356. The third-order valence-corrected chi connectivity index (χ3v) is 5.02. The van der Waals surface area contributed by atoms with Crippen LogP contribution in [0.2, 0.25) is 0 Å². The van der Waals surface area contributed by atoms with Crippen LogP contribution in [0.25, 0.3) is 0 Å². The molecule has 2 rings (SSSR count). The molecule has 1 aromatic carbocycles. The topological polar surface area (TPSA) is 84.0 Å². The Labute approximate surface area is 143 Å². The highest BCUT2D eigenvalue weighted by molar-refractivity contribution is 8.01. The molecule has 2 aromatic rings. The number of nitrogens with one attached hydrogen (secondary N) is 2. The molecule has 1 aromatic heterocycles. The van der Waals surface area contributed by atoms with Crippen LogP contribution in [0.4, 0.5) is 10.8 Å². The first-order chi connectivity index (χ1) is 11.1. The molecule has 0 radical (unpaired) electrons. The summed E-state index contributed by atoms with van der Waals surface area (Å²) in [5, 5.41) is 14.4. The summed E-state index contributed by atoms with van der Waals surface area (Å²) in [5.41, 5.74) is 0.746. The number of carbonyl (C=O) groups excluding carboxylic acids is 2. The molecule has 1 atom stereocenters. The van der Waals surface area contributed by atoms with Crippen molar-refractivity contribution in [3.63, 3.8) is 0 Å². The number of hydrogen-bond donors (Lipinski definition) is 2. The zero-order valence-corrected chi connectivity index (χ0v) is 14.5. The monoisotopic (exact) mass is 350 g/mol. The number of aryl methyl sites for hydroxylation is 1. The standard InChI is InChI=1S/C15H18N4O2S2/c1-3-13-18-19-15(23-13)17-14(21)10(2)22-9-12(20)16-11-7-5-4-6-8-11/h4-8,10H,3,9H2,1-2H3,(H,16,20)(H,17,19,21). The van der Waals surface area contributed by atoms with Crippen molar-refractivity contribution < 1.29 is 9.59 Å². The summed E-state index contributed by atoms with van der Waals surface area (Å²) in [6.45, 7) is 3.74. The molecule has 1 heterocycles. The molecule has 0 aliphatic rings. The predicted molar refractivity (Wildman–Crippen MR) is 94.9 cm³/mol. The smallest absolute Gasteiger partial charge is 0.239 e. The van der Waals surface area contributed by atoms with Crippen molar-refractivity contribution in [2.75, 3.05) is 16.4 Å². The van der Waals surface area contributed by atoms with Gasteiger partial charge in [-0.15, -0.1) is 22.0 Å². The van der Waals surface area contributed by atoms with Crippen molar-refractivity contribution in [2.24, 2.45) is 0 Å². The van der Waals surface area contributed by atoms with Crippen LogP contribution in [-0.4, -0.2) is 33.0 Å². The van der Waals surface area contributed by atoms with Crippen molar-refractivity contribution in [1.82, 2.24) is 10.2 Å². The molecule has 2 amide bonds. The molecule has 0 spiro atoms. The van der Waals surface area contributed by atoms with Gasteiger partial charge >= 0.3 is 0 Å². The molecule has 122 valence electrons. The van der Waals surface area contributed by atoms with Gasteiger partial charge in [0.2, 0.25) is 16.9 Å². The second-order valence-corrected chi connectivity index (χ2v) is 7.10. The van der Waals surface area contributed by atoms with Crippen LogP contribution >= 0.6 is 23.1 Å². The largest absolute Gasteiger partial charge is 0.325 e. The molecule has 0 aliphatic carbocycles. The number of anilines is 2. The number of amides is 2. The van der Waals surface area contributed by atoms with Gasteiger partial charge in [-0.1, -0.05) is 36.5 Å². The van der Waals surface area contributed by atoms with Crippen LogP contribution in [0.15, 0.2) is 30.3 Å². The van der Waals surface area contributed by atoms with E-state index in [4.69, 9.17) is 0 Å². The fourth-order valence-electron chi connectivity index (χ4n) is 1.65. The molecule has 0 saturated carbocycles. The minimum absolute atomic E-state index is 0.134. The van der Waals surface area contributed by atoms with E-state index >= 15 is 0 Å². The number of carbonyl (C=O) groups is 2. The Morgan fingerprint density at radius 1 is 1.22 bits per heavy atom. The van der Waals surface area contributed by atoms with Gasteiger partial charge in [0.25, 0.3) is 0 Å². The lowest BCUT2D eigenvalue weighted by Gasteiger charge is -2.10. The number of nitrogens with zero attached hydrogens (tertiary/aromatic N) is 2. The highest BCUT2D eigenvalue weighted by atomic mass is 32.2. The number of hydrogen-bond acceptors (Lipinski definition) is 6. The van der Waals surface area contributed by atoms with E-state index in [1.54, 1.807) is 6.92 Å². The molecule has 8 heteroatoms. The van der Waals surface area contributed by atoms with Crippen molar-refractivity contribution in [3.05, 3.63) is 35.3 Å². The van der Waals surface area contributed by atoms with E-state index in [0.717, 1.165) is 17.1 Å². The van der Waals surface area contributed by atoms with Crippen LogP contribution in [0.5, 0.6) is 0 Å². The third kappa shape index (κ3) is 5.65. The molecule has 0 aliphatic heterocycles. The van der Waals surface area contributed by atoms with Crippen LogP contribution in [0.3, 0.4) is 0 Å². The second kappa shape index (κ2) is 8.64. The molecular weight excluding hydrogens is 332 g/mol. The number of para-hydroxylation sites is 1. The van der Waals surface area contributed by atoms with Crippen LogP contribution in [-0.2, 0) is 16.0 Å². The SMILES string of the molecule is CCc1nnc(NC(=O)C(C)SCC(=O)Nc2ccccc2)s1. The lowest BCUT2D eigenvalue weighted by molar-refractivity contribution is -0.115. The normalized spacial score (nSPS) is 11.7. The maximum absolute atomic E-state index is 12.1. The quantitative estimate of drug-likeness (QED) is 0.802. The van der Waals surface area contributed by atoms with E-state index < -0.39 is 0 Å². The molecule has 2 N–H and O–H groups in total. The van der Waals surface area contributed by atoms with Gasteiger partial charge in [0.1, 0.15) is 5.01 Å². The number of thioether (sulfide) groups is 1. The van der Waals surface area contributed by atoms with Crippen molar-refractivity contribution >= 4 is 45.7 Å². The zero-order valence-electron chi connectivity index (χ0n) is 12.9. The van der Waals surface area contributed by atoms with E-state index in [1.807, 2.05) is 37.3 Å². The number of benzene rings is 1. The fraction of sp³-hybridized carbons (Fsp3) is 0.333. The van der Waals surface area contributed by atoms with Gasteiger partial charge in [-0.05, 0) is 25.5 Å². The van der Waals surface area contributed by atoms with Gasteiger partial charge in [0, 0.05) is 5.69 Å². The Balaban J connectivity index is 1.76. The summed E-state index contributed by atoms with van der Waals surface area (Å²) >= 11 is 2.64. The molecule has 0 saturated heterocycles. The van der Waals surface area contributed by atoms with Crippen molar-refractivity contribution in [3.8, 4) is 0 Å². The maximum atomic E-state index is 12.1. The summed E-state index contributed by atoms with van der Waals surface area (Å²) in [6, 6.07) is 9.23. The van der Waals surface area contributed by atoms with Gasteiger partial charge in [-0.3, -0.25) is 14.9 Å². The summed E-state index contributed by atoms with van der Waals surface area (Å²) in [4.78, 5) is 23.9. The van der Waals surface area contributed by atoms with E-state index in [2.05, 4.69) is 20.8 Å². The Hall–Kier alpha value is -1.93. The van der Waals surface area contributed by atoms with Gasteiger partial charge in [-0.25, -0.2) is 0 Å². The van der Waals surface area contributed by atoms with E-state index in [9.17, 15) is 9.59 Å². The summed E-state index contributed by atoms with van der Waals surface area (Å²) in [6.07, 6.45) is 0.789. The lowest BCUT2D eigenvalue weighted by atomic mass is 10.3. The average molecular weight is 350 g/mol. The highest BCUT2D eigenvalue weighted by Gasteiger charge is 2.17. The van der Waals surface area contributed by atoms with Gasteiger partial charge < -0.3 is 5.32 Å².